The fourth-order valence-electron chi connectivity index (χ4n) is 3.34. The zero-order valence-electron chi connectivity index (χ0n) is 9.26. The second kappa shape index (κ2) is 3.73. The standard InChI is InChI=1S/C14H16ClF/c15-9-14(7-11-5-12(11)8-14)6-10-1-3-13(16)4-2-10/h1-4,11-12H,5-9H2. The number of alkyl halides is 1. The predicted molar refractivity (Wildman–Crippen MR) is 64.1 cm³/mol. The summed E-state index contributed by atoms with van der Waals surface area (Å²) in [5, 5.41) is 0. The molecule has 0 aromatic heterocycles. The highest BCUT2D eigenvalue weighted by Gasteiger charge is 2.53. The van der Waals surface area contributed by atoms with Crippen molar-refractivity contribution in [2.24, 2.45) is 17.3 Å². The molecule has 2 heteroatoms. The molecule has 0 N–H and O–H groups in total. The van der Waals surface area contributed by atoms with Crippen LogP contribution < -0.4 is 0 Å². The summed E-state index contributed by atoms with van der Waals surface area (Å²) < 4.78 is 12.8. The molecule has 0 aliphatic heterocycles. The van der Waals surface area contributed by atoms with E-state index in [1.54, 1.807) is 12.1 Å². The zero-order chi connectivity index (χ0) is 11.2. The fourth-order valence-corrected chi connectivity index (χ4v) is 3.65. The van der Waals surface area contributed by atoms with E-state index in [4.69, 9.17) is 11.6 Å². The zero-order valence-corrected chi connectivity index (χ0v) is 10.0. The van der Waals surface area contributed by atoms with E-state index in [0.29, 0.717) is 5.41 Å². The average Bonchev–Trinajstić information content (AvgIpc) is 2.91. The van der Waals surface area contributed by atoms with Crippen LogP contribution in [0.2, 0.25) is 0 Å². The van der Waals surface area contributed by atoms with Crippen LogP contribution in [0.15, 0.2) is 24.3 Å². The maximum atomic E-state index is 12.8. The van der Waals surface area contributed by atoms with Crippen molar-refractivity contribution in [3.63, 3.8) is 0 Å². The first-order valence-corrected chi connectivity index (χ1v) is 6.55. The third-order valence-corrected chi connectivity index (χ3v) is 4.80. The summed E-state index contributed by atoms with van der Waals surface area (Å²) in [7, 11) is 0. The molecule has 3 rings (SSSR count). The van der Waals surface area contributed by atoms with Gasteiger partial charge < -0.3 is 0 Å². The second-order valence-corrected chi connectivity index (χ2v) is 5.87. The van der Waals surface area contributed by atoms with Gasteiger partial charge in [-0.25, -0.2) is 4.39 Å². The molecule has 0 saturated heterocycles. The molecule has 0 nitrogen and oxygen atoms in total. The Morgan fingerprint density at radius 2 is 1.81 bits per heavy atom. The molecule has 0 amide bonds. The summed E-state index contributed by atoms with van der Waals surface area (Å²) in [6.45, 7) is 0. The van der Waals surface area contributed by atoms with Crippen molar-refractivity contribution in [2.45, 2.75) is 25.7 Å². The van der Waals surface area contributed by atoms with Crippen LogP contribution in [0.25, 0.3) is 0 Å². The Morgan fingerprint density at radius 1 is 1.19 bits per heavy atom. The van der Waals surface area contributed by atoms with Crippen LogP contribution in [-0.2, 0) is 6.42 Å². The third kappa shape index (κ3) is 1.86. The average molecular weight is 239 g/mol. The summed E-state index contributed by atoms with van der Waals surface area (Å²) in [4.78, 5) is 0. The number of halogens is 2. The molecular weight excluding hydrogens is 223 g/mol. The van der Waals surface area contributed by atoms with E-state index in [9.17, 15) is 4.39 Å². The molecule has 0 bridgehead atoms. The Morgan fingerprint density at radius 3 is 2.38 bits per heavy atom. The fraction of sp³-hybridized carbons (Fsp3) is 0.571. The van der Waals surface area contributed by atoms with E-state index < -0.39 is 0 Å². The summed E-state index contributed by atoms with van der Waals surface area (Å²) in [5.74, 6) is 2.48. The van der Waals surface area contributed by atoms with E-state index in [0.717, 1.165) is 24.1 Å². The Hall–Kier alpha value is -0.560. The lowest BCUT2D eigenvalue weighted by molar-refractivity contribution is 0.303. The number of hydrogen-bond donors (Lipinski definition) is 0. The van der Waals surface area contributed by atoms with Crippen molar-refractivity contribution in [1.82, 2.24) is 0 Å². The van der Waals surface area contributed by atoms with E-state index in [-0.39, 0.29) is 5.82 Å². The van der Waals surface area contributed by atoms with Gasteiger partial charge in [-0.15, -0.1) is 11.6 Å². The molecule has 86 valence electrons. The van der Waals surface area contributed by atoms with Gasteiger partial charge in [0.25, 0.3) is 0 Å². The Labute approximate surface area is 101 Å². The van der Waals surface area contributed by atoms with Gasteiger partial charge in [-0.2, -0.15) is 0 Å². The van der Waals surface area contributed by atoms with E-state index >= 15 is 0 Å². The summed E-state index contributed by atoms with van der Waals surface area (Å²) in [5.41, 5.74) is 1.52. The number of fused-ring (bicyclic) bond motifs is 1. The van der Waals surface area contributed by atoms with Crippen molar-refractivity contribution in [3.05, 3.63) is 35.6 Å². The molecular formula is C14H16ClF. The molecule has 2 aliphatic carbocycles. The van der Waals surface area contributed by atoms with Gasteiger partial charge in [0.2, 0.25) is 0 Å². The quantitative estimate of drug-likeness (QED) is 0.698. The molecule has 0 heterocycles. The van der Waals surface area contributed by atoms with Gasteiger partial charge in [-0.05, 0) is 60.6 Å². The van der Waals surface area contributed by atoms with Gasteiger partial charge >= 0.3 is 0 Å². The normalized spacial score (nSPS) is 36.1. The largest absolute Gasteiger partial charge is 0.207 e. The predicted octanol–water partition coefficient (Wildman–Crippen LogP) is 4.02. The van der Waals surface area contributed by atoms with Crippen LogP contribution in [0.4, 0.5) is 4.39 Å². The van der Waals surface area contributed by atoms with Crippen LogP contribution in [0.3, 0.4) is 0 Å². The van der Waals surface area contributed by atoms with E-state index in [1.165, 1.54) is 24.8 Å². The van der Waals surface area contributed by atoms with Gasteiger partial charge in [-0.1, -0.05) is 12.1 Å². The molecule has 2 atom stereocenters. The molecule has 1 aromatic carbocycles. The van der Waals surface area contributed by atoms with Crippen LogP contribution in [0.1, 0.15) is 24.8 Å². The minimum absolute atomic E-state index is 0.155. The number of hydrogen-bond acceptors (Lipinski definition) is 0. The van der Waals surface area contributed by atoms with Crippen LogP contribution in [0, 0.1) is 23.1 Å². The lowest BCUT2D eigenvalue weighted by Crippen LogP contribution is -2.23. The highest BCUT2D eigenvalue weighted by atomic mass is 35.5. The van der Waals surface area contributed by atoms with Crippen molar-refractivity contribution in [3.8, 4) is 0 Å². The maximum Gasteiger partial charge on any atom is 0.123 e. The molecule has 0 spiro atoms. The molecule has 2 aliphatic rings. The summed E-state index contributed by atoms with van der Waals surface area (Å²) in [6.07, 6.45) is 4.99. The van der Waals surface area contributed by atoms with Gasteiger partial charge in [0, 0.05) is 5.88 Å². The third-order valence-electron chi connectivity index (χ3n) is 4.24. The van der Waals surface area contributed by atoms with Gasteiger partial charge in [-0.3, -0.25) is 0 Å². The Kier molecular flexibility index (Phi) is 2.47. The minimum atomic E-state index is -0.155. The Bertz CT molecular complexity index is 374. The first-order chi connectivity index (χ1) is 7.71. The van der Waals surface area contributed by atoms with Crippen molar-refractivity contribution in [1.29, 1.82) is 0 Å². The van der Waals surface area contributed by atoms with E-state index in [2.05, 4.69) is 0 Å². The minimum Gasteiger partial charge on any atom is -0.207 e. The highest BCUT2D eigenvalue weighted by Crippen LogP contribution is 2.61. The SMILES string of the molecule is Fc1ccc(CC2(CCl)CC3CC3C2)cc1. The summed E-state index contributed by atoms with van der Waals surface area (Å²) >= 11 is 6.16. The smallest absolute Gasteiger partial charge is 0.123 e. The lowest BCUT2D eigenvalue weighted by atomic mass is 9.79. The second-order valence-electron chi connectivity index (χ2n) is 5.60. The number of rotatable bonds is 3. The van der Waals surface area contributed by atoms with Crippen molar-refractivity contribution >= 4 is 11.6 Å². The first-order valence-electron chi connectivity index (χ1n) is 6.01. The van der Waals surface area contributed by atoms with Gasteiger partial charge in [0.15, 0.2) is 0 Å². The van der Waals surface area contributed by atoms with Crippen LogP contribution in [0.5, 0.6) is 0 Å². The molecule has 2 unspecified atom stereocenters. The topological polar surface area (TPSA) is 0 Å². The molecule has 0 radical (unpaired) electrons. The van der Waals surface area contributed by atoms with E-state index in [1.807, 2.05) is 12.1 Å². The highest BCUT2D eigenvalue weighted by molar-refractivity contribution is 6.18. The molecule has 2 fully saturated rings. The van der Waals surface area contributed by atoms with Gasteiger partial charge in [0.05, 0.1) is 0 Å². The molecule has 16 heavy (non-hydrogen) atoms. The first kappa shape index (κ1) is 10.6. The monoisotopic (exact) mass is 238 g/mol. The molecule has 1 aromatic rings. The molecule has 2 saturated carbocycles. The van der Waals surface area contributed by atoms with Crippen molar-refractivity contribution in [2.75, 3.05) is 5.88 Å². The van der Waals surface area contributed by atoms with Crippen LogP contribution >= 0.6 is 11.6 Å². The Balaban J connectivity index is 1.75. The summed E-state index contributed by atoms with van der Waals surface area (Å²) in [6, 6.07) is 6.89. The maximum absolute atomic E-state index is 12.8. The number of benzene rings is 1. The van der Waals surface area contributed by atoms with Crippen LogP contribution in [-0.4, -0.2) is 5.88 Å². The van der Waals surface area contributed by atoms with Crippen molar-refractivity contribution < 1.29 is 4.39 Å². The lowest BCUT2D eigenvalue weighted by Gasteiger charge is -2.28. The van der Waals surface area contributed by atoms with Gasteiger partial charge in [0.1, 0.15) is 5.82 Å².